The first-order valence-electron chi connectivity index (χ1n) is 8.47. The van der Waals surface area contributed by atoms with Crippen LogP contribution in [0, 0.1) is 25.2 Å². The number of ether oxygens (including phenoxy) is 1. The van der Waals surface area contributed by atoms with Crippen LogP contribution in [0.4, 0.5) is 0 Å². The van der Waals surface area contributed by atoms with Gasteiger partial charge in [0.1, 0.15) is 12.7 Å². The topological polar surface area (TPSA) is 80.3 Å². The first kappa shape index (κ1) is 16.7. The monoisotopic (exact) mass is 356 g/mol. The molecule has 4 aromatic rings. The van der Waals surface area contributed by atoms with Gasteiger partial charge in [0.25, 0.3) is 0 Å². The molecule has 3 aromatic heterocycles. The summed E-state index contributed by atoms with van der Waals surface area (Å²) in [4.78, 5) is 21.4. The van der Waals surface area contributed by atoms with Crippen molar-refractivity contribution in [2.75, 3.05) is 0 Å². The van der Waals surface area contributed by atoms with Crippen molar-refractivity contribution in [2.24, 2.45) is 0 Å². The molecule has 0 spiro atoms. The second-order valence-corrected chi connectivity index (χ2v) is 6.31. The number of aryl methyl sites for hydroxylation is 2. The lowest BCUT2D eigenvalue weighted by atomic mass is 10.1. The maximum absolute atomic E-state index is 12.5. The molecule has 27 heavy (non-hydrogen) atoms. The third-order valence-electron chi connectivity index (χ3n) is 4.54. The van der Waals surface area contributed by atoms with E-state index in [0.29, 0.717) is 22.2 Å². The molecule has 0 N–H and O–H groups in total. The third kappa shape index (κ3) is 3.00. The molecule has 6 heteroatoms. The van der Waals surface area contributed by atoms with E-state index >= 15 is 0 Å². The van der Waals surface area contributed by atoms with E-state index in [1.54, 1.807) is 24.4 Å². The van der Waals surface area contributed by atoms with Crippen molar-refractivity contribution in [1.82, 2.24) is 14.4 Å². The lowest BCUT2D eigenvalue weighted by Gasteiger charge is -2.06. The molecule has 0 unspecified atom stereocenters. The molecule has 0 saturated carbocycles. The average Bonchev–Trinajstić information content (AvgIpc) is 3.04. The van der Waals surface area contributed by atoms with Gasteiger partial charge in [0.05, 0.1) is 39.1 Å². The molecule has 0 aliphatic heterocycles. The third-order valence-corrected chi connectivity index (χ3v) is 4.54. The van der Waals surface area contributed by atoms with E-state index < -0.39 is 5.97 Å². The molecule has 1 aromatic carbocycles. The number of aromatic nitrogens is 3. The van der Waals surface area contributed by atoms with Crippen LogP contribution in [0.3, 0.4) is 0 Å². The van der Waals surface area contributed by atoms with Crippen LogP contribution in [0.15, 0.2) is 48.8 Å². The number of hydrogen-bond donors (Lipinski definition) is 0. The minimum Gasteiger partial charge on any atom is -0.457 e. The number of nitrogens with zero attached hydrogens (tertiary/aromatic N) is 4. The predicted octanol–water partition coefficient (Wildman–Crippen LogP) is 3.73. The van der Waals surface area contributed by atoms with Crippen molar-refractivity contribution < 1.29 is 9.53 Å². The van der Waals surface area contributed by atoms with Crippen molar-refractivity contribution >= 4 is 22.5 Å². The summed E-state index contributed by atoms with van der Waals surface area (Å²) in [6, 6.07) is 12.9. The first-order chi connectivity index (χ1) is 13.1. The van der Waals surface area contributed by atoms with Crippen molar-refractivity contribution in [1.29, 1.82) is 5.26 Å². The second-order valence-electron chi connectivity index (χ2n) is 6.31. The fraction of sp³-hybridized carbons (Fsp3) is 0.143. The van der Waals surface area contributed by atoms with Crippen LogP contribution in [0.2, 0.25) is 0 Å². The van der Waals surface area contributed by atoms with Crippen molar-refractivity contribution in [3.05, 3.63) is 76.9 Å². The highest BCUT2D eigenvalue weighted by Gasteiger charge is 2.14. The van der Waals surface area contributed by atoms with Gasteiger partial charge in [-0.1, -0.05) is 6.07 Å². The first-order valence-corrected chi connectivity index (χ1v) is 8.47. The molecule has 0 aliphatic carbocycles. The van der Waals surface area contributed by atoms with Gasteiger partial charge in [-0.25, -0.2) is 14.8 Å². The molecule has 0 saturated heterocycles. The van der Waals surface area contributed by atoms with Gasteiger partial charge in [0, 0.05) is 18.0 Å². The summed E-state index contributed by atoms with van der Waals surface area (Å²) in [5.74, 6) is -0.462. The quantitative estimate of drug-likeness (QED) is 0.523. The van der Waals surface area contributed by atoms with Gasteiger partial charge in [0.15, 0.2) is 0 Å². The Morgan fingerprint density at radius 1 is 1.15 bits per heavy atom. The summed E-state index contributed by atoms with van der Waals surface area (Å²) < 4.78 is 7.28. The molecule has 0 amide bonds. The van der Waals surface area contributed by atoms with E-state index in [0.717, 1.165) is 22.4 Å². The summed E-state index contributed by atoms with van der Waals surface area (Å²) in [6.45, 7) is 3.81. The van der Waals surface area contributed by atoms with Crippen molar-refractivity contribution in [3.63, 3.8) is 0 Å². The molecule has 0 atom stereocenters. The number of carbonyl (C=O) groups is 1. The Morgan fingerprint density at radius 2 is 1.93 bits per heavy atom. The largest absolute Gasteiger partial charge is 0.457 e. The van der Waals surface area contributed by atoms with Crippen LogP contribution in [0.25, 0.3) is 16.6 Å². The molecular weight excluding hydrogens is 340 g/mol. The lowest BCUT2D eigenvalue weighted by molar-refractivity contribution is 0.0473. The Labute approximate surface area is 155 Å². The minimum absolute atomic E-state index is 0.0278. The standard InChI is InChI=1S/C21H16N4O2/c1-13-14(2)24-19-9-15(6-7-18(19)23-13)21(26)27-12-16-11-25-8-4-3-5-20(25)17(16)10-22/h3-9,11H,12H2,1-2H3. The number of carbonyl (C=O) groups excluding carboxylic acids is 1. The zero-order valence-electron chi connectivity index (χ0n) is 14.9. The summed E-state index contributed by atoms with van der Waals surface area (Å²) in [7, 11) is 0. The van der Waals surface area contributed by atoms with Crippen LogP contribution in [0.5, 0.6) is 0 Å². The van der Waals surface area contributed by atoms with E-state index in [4.69, 9.17) is 4.74 Å². The van der Waals surface area contributed by atoms with Gasteiger partial charge in [-0.05, 0) is 44.2 Å². The van der Waals surface area contributed by atoms with Crippen LogP contribution >= 0.6 is 0 Å². The zero-order chi connectivity index (χ0) is 19.0. The Hall–Kier alpha value is -3.72. The highest BCUT2D eigenvalue weighted by molar-refractivity contribution is 5.93. The normalized spacial score (nSPS) is 10.9. The van der Waals surface area contributed by atoms with Gasteiger partial charge in [-0.3, -0.25) is 0 Å². The maximum atomic E-state index is 12.5. The SMILES string of the molecule is Cc1nc2ccc(C(=O)OCc3cn4ccccc4c3C#N)cc2nc1C. The minimum atomic E-state index is -0.462. The van der Waals surface area contributed by atoms with E-state index in [2.05, 4.69) is 16.0 Å². The number of nitriles is 1. The number of fused-ring (bicyclic) bond motifs is 2. The smallest absolute Gasteiger partial charge is 0.338 e. The highest BCUT2D eigenvalue weighted by atomic mass is 16.5. The highest BCUT2D eigenvalue weighted by Crippen LogP contribution is 2.20. The summed E-state index contributed by atoms with van der Waals surface area (Å²) in [6.07, 6.45) is 3.66. The van der Waals surface area contributed by atoms with Crippen molar-refractivity contribution in [3.8, 4) is 6.07 Å². The van der Waals surface area contributed by atoms with E-state index in [1.807, 2.05) is 42.6 Å². The molecule has 0 bridgehead atoms. The van der Waals surface area contributed by atoms with Gasteiger partial charge < -0.3 is 9.14 Å². The van der Waals surface area contributed by atoms with E-state index in [9.17, 15) is 10.1 Å². The zero-order valence-corrected chi connectivity index (χ0v) is 14.9. The van der Waals surface area contributed by atoms with Crippen LogP contribution in [-0.4, -0.2) is 20.3 Å². The Morgan fingerprint density at radius 3 is 2.70 bits per heavy atom. The molecule has 0 aliphatic rings. The molecule has 0 radical (unpaired) electrons. The van der Waals surface area contributed by atoms with Crippen LogP contribution in [0.1, 0.15) is 32.9 Å². The van der Waals surface area contributed by atoms with Gasteiger partial charge in [0.2, 0.25) is 0 Å². The number of rotatable bonds is 3. The summed E-state index contributed by atoms with van der Waals surface area (Å²) in [5, 5.41) is 9.44. The number of pyridine rings is 1. The second kappa shape index (κ2) is 6.54. The number of hydrogen-bond acceptors (Lipinski definition) is 5. The van der Waals surface area contributed by atoms with E-state index in [-0.39, 0.29) is 6.61 Å². The fourth-order valence-electron chi connectivity index (χ4n) is 3.00. The van der Waals surface area contributed by atoms with Gasteiger partial charge in [-0.15, -0.1) is 0 Å². The van der Waals surface area contributed by atoms with Crippen molar-refractivity contribution in [2.45, 2.75) is 20.5 Å². The Kier molecular flexibility index (Phi) is 4.05. The van der Waals surface area contributed by atoms with Crippen LogP contribution < -0.4 is 0 Å². The lowest BCUT2D eigenvalue weighted by Crippen LogP contribution is -2.06. The Bertz CT molecular complexity index is 1230. The molecule has 4 rings (SSSR count). The Balaban J connectivity index is 1.59. The molecular formula is C21H16N4O2. The maximum Gasteiger partial charge on any atom is 0.338 e. The summed E-state index contributed by atoms with van der Waals surface area (Å²) >= 11 is 0. The number of benzene rings is 1. The molecule has 132 valence electrons. The summed E-state index contributed by atoms with van der Waals surface area (Å²) in [5.41, 5.74) is 5.46. The molecule has 3 heterocycles. The molecule has 6 nitrogen and oxygen atoms in total. The van der Waals surface area contributed by atoms with Gasteiger partial charge in [-0.2, -0.15) is 5.26 Å². The average molecular weight is 356 g/mol. The fourth-order valence-corrected chi connectivity index (χ4v) is 3.00. The number of esters is 1. The van der Waals surface area contributed by atoms with E-state index in [1.165, 1.54) is 0 Å². The molecule has 0 fully saturated rings. The predicted molar refractivity (Wildman–Crippen MR) is 100 cm³/mol. The van der Waals surface area contributed by atoms with Crippen LogP contribution in [-0.2, 0) is 11.3 Å². The van der Waals surface area contributed by atoms with Gasteiger partial charge >= 0.3 is 5.97 Å².